The van der Waals surface area contributed by atoms with Crippen LogP contribution in [-0.4, -0.2) is 0 Å². The molecule has 0 spiro atoms. The van der Waals surface area contributed by atoms with Crippen LogP contribution in [0.15, 0.2) is 11.6 Å². The standard InChI is InChI=1S/C10H17N/c1-9(2)5-4-6-10(3)7-8-11/h7,9H,4-6H2,1-3H3/b10-7+. The van der Waals surface area contributed by atoms with Crippen LogP contribution in [0.4, 0.5) is 0 Å². The van der Waals surface area contributed by atoms with Gasteiger partial charge < -0.3 is 0 Å². The molecule has 62 valence electrons. The van der Waals surface area contributed by atoms with Crippen LogP contribution in [0.25, 0.3) is 0 Å². The van der Waals surface area contributed by atoms with Crippen LogP contribution in [-0.2, 0) is 0 Å². The maximum absolute atomic E-state index is 8.32. The first-order valence-electron chi connectivity index (χ1n) is 4.22. The van der Waals surface area contributed by atoms with Crippen molar-refractivity contribution >= 4 is 0 Å². The van der Waals surface area contributed by atoms with E-state index in [1.165, 1.54) is 18.4 Å². The molecule has 0 aromatic heterocycles. The molecule has 0 aliphatic carbocycles. The summed E-state index contributed by atoms with van der Waals surface area (Å²) in [5.41, 5.74) is 1.20. The minimum Gasteiger partial charge on any atom is -0.193 e. The predicted molar refractivity (Wildman–Crippen MR) is 48.1 cm³/mol. The number of allylic oxidation sites excluding steroid dienone is 2. The molecule has 0 aliphatic heterocycles. The summed E-state index contributed by atoms with van der Waals surface area (Å²) in [7, 11) is 0. The zero-order valence-electron chi connectivity index (χ0n) is 7.72. The molecule has 0 bridgehead atoms. The Morgan fingerprint density at radius 2 is 2.18 bits per heavy atom. The van der Waals surface area contributed by atoms with E-state index in [1.807, 2.05) is 13.0 Å². The normalized spacial score (nSPS) is 11.7. The summed E-state index contributed by atoms with van der Waals surface area (Å²) in [4.78, 5) is 0. The Morgan fingerprint density at radius 1 is 1.55 bits per heavy atom. The third-order valence-electron chi connectivity index (χ3n) is 1.66. The highest BCUT2D eigenvalue weighted by molar-refractivity contribution is 5.10. The molecule has 0 fully saturated rings. The Balaban J connectivity index is 3.41. The van der Waals surface area contributed by atoms with Crippen molar-refractivity contribution < 1.29 is 0 Å². The zero-order valence-corrected chi connectivity index (χ0v) is 7.72. The largest absolute Gasteiger partial charge is 0.193 e. The maximum Gasteiger partial charge on any atom is 0.0911 e. The predicted octanol–water partition coefficient (Wildman–Crippen LogP) is 3.28. The van der Waals surface area contributed by atoms with E-state index in [0.29, 0.717) is 0 Å². The van der Waals surface area contributed by atoms with Gasteiger partial charge in [-0.2, -0.15) is 5.26 Å². The maximum atomic E-state index is 8.32. The summed E-state index contributed by atoms with van der Waals surface area (Å²) >= 11 is 0. The molecule has 0 saturated heterocycles. The molecule has 0 heterocycles. The molecule has 0 aliphatic rings. The molecule has 0 amide bonds. The monoisotopic (exact) mass is 151 g/mol. The topological polar surface area (TPSA) is 23.8 Å². The number of nitriles is 1. The summed E-state index contributed by atoms with van der Waals surface area (Å²) in [6.07, 6.45) is 5.18. The summed E-state index contributed by atoms with van der Waals surface area (Å²) in [6, 6.07) is 2.04. The molecule has 0 rings (SSSR count). The van der Waals surface area contributed by atoms with Crippen molar-refractivity contribution in [1.29, 1.82) is 5.26 Å². The second-order valence-corrected chi connectivity index (χ2v) is 3.41. The minimum absolute atomic E-state index is 0.782. The SMILES string of the molecule is C/C(=C\C#N)CCCC(C)C. The fraction of sp³-hybridized carbons (Fsp3) is 0.700. The first-order valence-corrected chi connectivity index (χ1v) is 4.22. The van der Waals surface area contributed by atoms with Crippen LogP contribution in [0.3, 0.4) is 0 Å². The van der Waals surface area contributed by atoms with E-state index in [-0.39, 0.29) is 0 Å². The Labute approximate surface area is 69.7 Å². The van der Waals surface area contributed by atoms with Crippen molar-refractivity contribution in [1.82, 2.24) is 0 Å². The smallest absolute Gasteiger partial charge is 0.0911 e. The number of nitrogens with zero attached hydrogens (tertiary/aromatic N) is 1. The summed E-state index contributed by atoms with van der Waals surface area (Å²) in [5.74, 6) is 0.782. The van der Waals surface area contributed by atoms with E-state index in [1.54, 1.807) is 6.08 Å². The summed E-state index contributed by atoms with van der Waals surface area (Å²) < 4.78 is 0. The molecule has 0 radical (unpaired) electrons. The van der Waals surface area contributed by atoms with Crippen molar-refractivity contribution in [3.05, 3.63) is 11.6 Å². The Morgan fingerprint density at radius 3 is 2.64 bits per heavy atom. The van der Waals surface area contributed by atoms with Gasteiger partial charge in [-0.1, -0.05) is 25.8 Å². The van der Waals surface area contributed by atoms with Crippen molar-refractivity contribution in [3.63, 3.8) is 0 Å². The van der Waals surface area contributed by atoms with Gasteiger partial charge in [0.15, 0.2) is 0 Å². The molecule has 0 aromatic carbocycles. The van der Waals surface area contributed by atoms with Crippen LogP contribution < -0.4 is 0 Å². The van der Waals surface area contributed by atoms with E-state index in [9.17, 15) is 0 Å². The van der Waals surface area contributed by atoms with E-state index in [2.05, 4.69) is 13.8 Å². The first kappa shape index (κ1) is 10.2. The van der Waals surface area contributed by atoms with E-state index < -0.39 is 0 Å². The molecule has 1 heteroatoms. The number of hydrogen-bond acceptors (Lipinski definition) is 1. The van der Waals surface area contributed by atoms with Gasteiger partial charge in [0.2, 0.25) is 0 Å². The highest BCUT2D eigenvalue weighted by Gasteiger charge is 1.94. The lowest BCUT2D eigenvalue weighted by molar-refractivity contribution is 0.555. The van der Waals surface area contributed by atoms with Gasteiger partial charge in [0.25, 0.3) is 0 Å². The van der Waals surface area contributed by atoms with Gasteiger partial charge in [-0.3, -0.25) is 0 Å². The first-order chi connectivity index (χ1) is 5.16. The summed E-state index contributed by atoms with van der Waals surface area (Å²) in [5, 5.41) is 8.32. The van der Waals surface area contributed by atoms with Crippen molar-refractivity contribution in [3.8, 4) is 6.07 Å². The van der Waals surface area contributed by atoms with E-state index in [4.69, 9.17) is 5.26 Å². The third-order valence-corrected chi connectivity index (χ3v) is 1.66. The molecule has 0 unspecified atom stereocenters. The zero-order chi connectivity index (χ0) is 8.69. The lowest BCUT2D eigenvalue weighted by Gasteiger charge is -2.02. The molecule has 1 nitrogen and oxygen atoms in total. The average molecular weight is 151 g/mol. The lowest BCUT2D eigenvalue weighted by atomic mass is 10.0. The summed E-state index contributed by atoms with van der Waals surface area (Å²) in [6.45, 7) is 6.47. The molecule has 0 saturated carbocycles. The molecular formula is C10H17N. The lowest BCUT2D eigenvalue weighted by Crippen LogP contribution is -1.87. The second-order valence-electron chi connectivity index (χ2n) is 3.41. The van der Waals surface area contributed by atoms with Gasteiger partial charge in [0, 0.05) is 6.08 Å². The highest BCUT2D eigenvalue weighted by Crippen LogP contribution is 2.10. The highest BCUT2D eigenvalue weighted by atomic mass is 14.2. The third kappa shape index (κ3) is 7.12. The van der Waals surface area contributed by atoms with Gasteiger partial charge in [0.1, 0.15) is 0 Å². The van der Waals surface area contributed by atoms with Gasteiger partial charge in [-0.25, -0.2) is 0 Å². The minimum atomic E-state index is 0.782. The van der Waals surface area contributed by atoms with E-state index >= 15 is 0 Å². The fourth-order valence-electron chi connectivity index (χ4n) is 0.972. The van der Waals surface area contributed by atoms with Crippen LogP contribution in [0.2, 0.25) is 0 Å². The molecular weight excluding hydrogens is 134 g/mol. The second kappa shape index (κ2) is 5.97. The molecule has 0 atom stereocenters. The van der Waals surface area contributed by atoms with Gasteiger partial charge in [-0.05, 0) is 25.7 Å². The average Bonchev–Trinajstić information content (AvgIpc) is 1.87. The fourth-order valence-corrected chi connectivity index (χ4v) is 0.972. The molecule has 0 aromatic rings. The van der Waals surface area contributed by atoms with Crippen molar-refractivity contribution in [2.45, 2.75) is 40.0 Å². The number of hydrogen-bond donors (Lipinski definition) is 0. The van der Waals surface area contributed by atoms with Crippen LogP contribution in [0.5, 0.6) is 0 Å². The molecule has 11 heavy (non-hydrogen) atoms. The van der Waals surface area contributed by atoms with Crippen molar-refractivity contribution in [2.75, 3.05) is 0 Å². The van der Waals surface area contributed by atoms with Crippen LogP contribution >= 0.6 is 0 Å². The van der Waals surface area contributed by atoms with Crippen molar-refractivity contribution in [2.24, 2.45) is 5.92 Å². The Kier molecular flexibility index (Phi) is 5.56. The molecule has 0 N–H and O–H groups in total. The Bertz CT molecular complexity index is 160. The van der Waals surface area contributed by atoms with Crippen LogP contribution in [0.1, 0.15) is 40.0 Å². The van der Waals surface area contributed by atoms with Crippen LogP contribution in [0, 0.1) is 17.2 Å². The van der Waals surface area contributed by atoms with Gasteiger partial charge >= 0.3 is 0 Å². The Hall–Kier alpha value is -0.770. The van der Waals surface area contributed by atoms with E-state index in [0.717, 1.165) is 12.3 Å². The van der Waals surface area contributed by atoms with Gasteiger partial charge in [-0.15, -0.1) is 0 Å². The van der Waals surface area contributed by atoms with Gasteiger partial charge in [0.05, 0.1) is 6.07 Å². The quantitative estimate of drug-likeness (QED) is 0.566. The number of rotatable bonds is 4.